The van der Waals surface area contributed by atoms with E-state index in [1.54, 1.807) is 44.0 Å². The molecule has 0 saturated carbocycles. The third-order valence-corrected chi connectivity index (χ3v) is 8.41. The highest BCUT2D eigenvalue weighted by atomic mass is 19.1. The average molecular weight is 590 g/mol. The molecule has 0 spiro atoms. The van der Waals surface area contributed by atoms with E-state index in [9.17, 15) is 14.0 Å². The van der Waals surface area contributed by atoms with E-state index in [2.05, 4.69) is 43.7 Å². The maximum atomic E-state index is 16.5. The van der Waals surface area contributed by atoms with Crippen LogP contribution in [0.2, 0.25) is 0 Å². The Labute approximate surface area is 246 Å². The first-order valence-electron chi connectivity index (χ1n) is 14.2. The van der Waals surface area contributed by atoms with E-state index in [1.165, 1.54) is 6.20 Å². The maximum absolute atomic E-state index is 16.5. The Morgan fingerprint density at radius 2 is 2.07 bits per heavy atom. The summed E-state index contributed by atoms with van der Waals surface area (Å²) >= 11 is 0. The fourth-order valence-electron chi connectivity index (χ4n) is 6.54. The fraction of sp³-hybridized carbons (Fsp3) is 0.355. The lowest BCUT2D eigenvalue weighted by atomic mass is 10.0. The maximum Gasteiger partial charge on any atom is 0.343 e. The number of pyridine rings is 3. The molecule has 2 atom stereocenters. The van der Waals surface area contributed by atoms with Gasteiger partial charge in [-0.25, -0.2) is 23.5 Å². The van der Waals surface area contributed by atoms with Crippen molar-refractivity contribution in [2.75, 3.05) is 45.2 Å². The highest BCUT2D eigenvalue weighted by molar-refractivity contribution is 6.02. The van der Waals surface area contributed by atoms with Gasteiger partial charge in [0, 0.05) is 69.5 Å². The Kier molecular flexibility index (Phi) is 7.25. The molecule has 224 valence electrons. The van der Waals surface area contributed by atoms with Crippen molar-refractivity contribution in [3.63, 3.8) is 0 Å². The van der Waals surface area contributed by atoms with Gasteiger partial charge in [0.1, 0.15) is 28.4 Å². The van der Waals surface area contributed by atoms with Crippen molar-refractivity contribution in [2.45, 2.75) is 19.4 Å². The summed E-state index contributed by atoms with van der Waals surface area (Å²) in [6, 6.07) is 1.82. The first kappa shape index (κ1) is 28.5. The number of esters is 1. The highest BCUT2D eigenvalue weighted by Crippen LogP contribution is 2.44. The molecule has 4 aromatic rings. The summed E-state index contributed by atoms with van der Waals surface area (Å²) in [6.45, 7) is 7.56. The van der Waals surface area contributed by atoms with Crippen LogP contribution in [0.4, 0.5) is 14.5 Å². The van der Waals surface area contributed by atoms with E-state index in [0.717, 1.165) is 25.6 Å². The standard InChI is InChI=1S/C31H33F2N7O3/c1-6-43-31(42)21-14-39(5)30-19(28(21)41)10-18(11-36-30)20-12-35-29-24(25(33)26(37-29)22(34-3)9-16(2)32)27(20)40-8-7-17-13-38(4)15-23(17)40/h9-12,14,17,23,34H,2,6-8,13,15H2,1,3-5H3,(H,35,37)/b22-9+/t17-,23+/m0/s1. The number of hydrogen-bond acceptors (Lipinski definition) is 8. The molecule has 6 rings (SSSR count). The number of fused-ring (bicyclic) bond motifs is 3. The molecule has 0 unspecified atom stereocenters. The van der Waals surface area contributed by atoms with Gasteiger partial charge in [0.05, 0.1) is 28.8 Å². The largest absolute Gasteiger partial charge is 0.462 e. The smallest absolute Gasteiger partial charge is 0.343 e. The third-order valence-electron chi connectivity index (χ3n) is 8.41. The molecule has 0 radical (unpaired) electrons. The van der Waals surface area contributed by atoms with Crippen LogP contribution in [0.5, 0.6) is 0 Å². The van der Waals surface area contributed by atoms with E-state index in [4.69, 9.17) is 4.74 Å². The van der Waals surface area contributed by atoms with Crippen LogP contribution in [-0.2, 0) is 11.8 Å². The number of carbonyl (C=O) groups excluding carboxylic acids is 1. The van der Waals surface area contributed by atoms with Gasteiger partial charge in [-0.1, -0.05) is 6.58 Å². The van der Waals surface area contributed by atoms with Crippen molar-refractivity contribution in [1.29, 1.82) is 0 Å². The van der Waals surface area contributed by atoms with Crippen molar-refractivity contribution >= 4 is 39.4 Å². The van der Waals surface area contributed by atoms with Gasteiger partial charge in [0.15, 0.2) is 5.82 Å². The Morgan fingerprint density at radius 3 is 2.79 bits per heavy atom. The number of likely N-dealkylation sites (tertiary alicyclic amines) is 1. The zero-order valence-electron chi connectivity index (χ0n) is 24.5. The monoisotopic (exact) mass is 589 g/mol. The molecule has 0 aromatic carbocycles. The number of hydrogen-bond donors (Lipinski definition) is 2. The molecule has 12 heteroatoms. The molecule has 10 nitrogen and oxygen atoms in total. The van der Waals surface area contributed by atoms with Gasteiger partial charge < -0.3 is 29.4 Å². The zero-order chi connectivity index (χ0) is 30.6. The van der Waals surface area contributed by atoms with Crippen LogP contribution in [0.25, 0.3) is 38.9 Å². The van der Waals surface area contributed by atoms with E-state index in [1.807, 2.05) is 0 Å². The van der Waals surface area contributed by atoms with Crippen molar-refractivity contribution in [2.24, 2.45) is 13.0 Å². The minimum atomic E-state index is -0.723. The SMILES string of the molecule is C=C(F)/C=C(/NC)c1[nH]c2ncc(-c3cnc4c(c3)c(=O)c(C(=O)OCC)cn4C)c(N3CC[C@H]4CN(C)C[C@H]43)c2c1F. The van der Waals surface area contributed by atoms with E-state index < -0.39 is 23.0 Å². The molecular weight excluding hydrogens is 556 g/mol. The second-order valence-electron chi connectivity index (χ2n) is 11.1. The first-order chi connectivity index (χ1) is 20.6. The summed E-state index contributed by atoms with van der Waals surface area (Å²) < 4.78 is 37.0. The molecule has 0 aliphatic carbocycles. The minimum absolute atomic E-state index is 0.0612. The van der Waals surface area contributed by atoms with E-state index >= 15 is 4.39 Å². The van der Waals surface area contributed by atoms with E-state index in [-0.39, 0.29) is 40.4 Å². The molecule has 2 N–H and O–H groups in total. The summed E-state index contributed by atoms with van der Waals surface area (Å²) in [7, 11) is 5.35. The quantitative estimate of drug-likeness (QED) is 0.246. The van der Waals surface area contributed by atoms with Crippen LogP contribution in [0.3, 0.4) is 0 Å². The average Bonchev–Trinajstić information content (AvgIpc) is 3.64. The molecule has 2 fully saturated rings. The summed E-state index contributed by atoms with van der Waals surface area (Å²) in [5, 5.41) is 3.34. The second kappa shape index (κ2) is 10.9. The number of nitrogens with zero attached hydrogens (tertiary/aromatic N) is 5. The molecule has 0 amide bonds. The molecule has 6 heterocycles. The lowest BCUT2D eigenvalue weighted by molar-refractivity contribution is 0.0524. The molecule has 43 heavy (non-hydrogen) atoms. The Hall–Kier alpha value is -4.58. The van der Waals surface area contributed by atoms with Crippen LogP contribution in [0.1, 0.15) is 29.4 Å². The van der Waals surface area contributed by atoms with Crippen molar-refractivity contribution < 1.29 is 18.3 Å². The summed E-state index contributed by atoms with van der Waals surface area (Å²) in [4.78, 5) is 42.7. The number of allylic oxidation sites excluding steroid dienone is 2. The van der Waals surface area contributed by atoms with Crippen LogP contribution < -0.4 is 15.6 Å². The highest BCUT2D eigenvalue weighted by Gasteiger charge is 2.42. The number of rotatable bonds is 7. The van der Waals surface area contributed by atoms with Crippen molar-refractivity contribution in [1.82, 2.24) is 29.7 Å². The number of aromatic amines is 1. The van der Waals surface area contributed by atoms with Crippen molar-refractivity contribution in [3.05, 3.63) is 70.4 Å². The van der Waals surface area contributed by atoms with Gasteiger partial charge in [-0.15, -0.1) is 0 Å². The number of ether oxygens (including phenoxy) is 1. The lowest BCUT2D eigenvalue weighted by Crippen LogP contribution is -2.35. The molecule has 2 aliphatic heterocycles. The molecule has 2 aliphatic rings. The Balaban J connectivity index is 1.61. The van der Waals surface area contributed by atoms with Crippen molar-refractivity contribution in [3.8, 4) is 11.1 Å². The number of aryl methyl sites for hydroxylation is 1. The molecule has 4 aromatic heterocycles. The topological polar surface area (TPSA) is 108 Å². The van der Waals surface area contributed by atoms with E-state index in [0.29, 0.717) is 40.6 Å². The Bertz CT molecular complexity index is 1880. The number of nitrogens with one attached hydrogen (secondary N) is 2. The summed E-state index contributed by atoms with van der Waals surface area (Å²) in [6.07, 6.45) is 6.76. The predicted octanol–water partition coefficient (Wildman–Crippen LogP) is 3.98. The summed E-state index contributed by atoms with van der Waals surface area (Å²) in [5.41, 5.74) is 2.13. The van der Waals surface area contributed by atoms with Gasteiger partial charge in [-0.3, -0.25) is 4.79 Å². The Morgan fingerprint density at radius 1 is 1.28 bits per heavy atom. The molecular formula is C31H33F2N7O3. The zero-order valence-corrected chi connectivity index (χ0v) is 24.5. The molecule has 0 bridgehead atoms. The van der Waals surface area contributed by atoms with Crippen LogP contribution >= 0.6 is 0 Å². The third kappa shape index (κ3) is 4.75. The number of likely N-dealkylation sites (N-methyl/N-ethyl adjacent to an activating group) is 1. The normalized spacial score (nSPS) is 18.9. The lowest BCUT2D eigenvalue weighted by Gasteiger charge is -2.29. The first-order valence-corrected chi connectivity index (χ1v) is 14.2. The van der Waals surface area contributed by atoms with Crippen LogP contribution in [0.15, 0.2) is 47.9 Å². The second-order valence-corrected chi connectivity index (χ2v) is 11.1. The minimum Gasteiger partial charge on any atom is -0.462 e. The molecule has 2 saturated heterocycles. The number of aromatic nitrogens is 4. The van der Waals surface area contributed by atoms with Crippen LogP contribution in [-0.4, -0.2) is 76.8 Å². The predicted molar refractivity (Wildman–Crippen MR) is 162 cm³/mol. The van der Waals surface area contributed by atoms with Gasteiger partial charge in [0.25, 0.3) is 0 Å². The van der Waals surface area contributed by atoms with Gasteiger partial charge in [-0.2, -0.15) is 0 Å². The van der Waals surface area contributed by atoms with Gasteiger partial charge >= 0.3 is 5.97 Å². The number of halogens is 2. The number of H-pyrrole nitrogens is 1. The number of carbonyl (C=O) groups is 1. The van der Waals surface area contributed by atoms with Crippen LogP contribution in [0, 0.1) is 11.7 Å². The fourth-order valence-corrected chi connectivity index (χ4v) is 6.54. The number of anilines is 1. The van der Waals surface area contributed by atoms with Gasteiger partial charge in [-0.05, 0) is 38.5 Å². The summed E-state index contributed by atoms with van der Waals surface area (Å²) in [5.74, 6) is -1.60. The van der Waals surface area contributed by atoms with Gasteiger partial charge in [0.2, 0.25) is 5.43 Å².